The molecule has 0 saturated heterocycles. The minimum absolute atomic E-state index is 0.0297. The highest BCUT2D eigenvalue weighted by Gasteiger charge is 2.28. The first-order chi connectivity index (χ1) is 13.0. The van der Waals surface area contributed by atoms with Crippen LogP contribution in [0.4, 0.5) is 10.5 Å². The van der Waals surface area contributed by atoms with E-state index in [4.69, 9.17) is 0 Å². The summed E-state index contributed by atoms with van der Waals surface area (Å²) in [5.41, 5.74) is 5.43. The number of amides is 3. The van der Waals surface area contributed by atoms with E-state index in [1.54, 1.807) is 0 Å². The van der Waals surface area contributed by atoms with Gasteiger partial charge in [0.1, 0.15) is 0 Å². The predicted molar refractivity (Wildman–Crippen MR) is 102 cm³/mol. The van der Waals surface area contributed by atoms with Gasteiger partial charge in [-0.05, 0) is 42.9 Å². The van der Waals surface area contributed by atoms with Gasteiger partial charge in [0.25, 0.3) is 0 Å². The molecular formula is C20H25N5O2. The number of anilines is 1. The number of carbonyl (C=O) groups excluding carboxylic acids is 2. The van der Waals surface area contributed by atoms with Crippen LogP contribution in [0.25, 0.3) is 0 Å². The van der Waals surface area contributed by atoms with E-state index >= 15 is 0 Å². The van der Waals surface area contributed by atoms with Gasteiger partial charge in [-0.3, -0.25) is 9.48 Å². The first-order valence-electron chi connectivity index (χ1n) is 9.47. The molecule has 2 aromatic rings. The summed E-state index contributed by atoms with van der Waals surface area (Å²) in [6.07, 6.45) is 5.63. The fourth-order valence-electron chi connectivity index (χ4n) is 4.19. The van der Waals surface area contributed by atoms with Crippen molar-refractivity contribution in [3.8, 4) is 0 Å². The van der Waals surface area contributed by atoms with Gasteiger partial charge in [-0.15, -0.1) is 0 Å². The Labute approximate surface area is 158 Å². The first kappa shape index (κ1) is 17.6. The molecule has 27 heavy (non-hydrogen) atoms. The van der Waals surface area contributed by atoms with Gasteiger partial charge in [0.15, 0.2) is 0 Å². The van der Waals surface area contributed by atoms with Crippen molar-refractivity contribution < 1.29 is 9.59 Å². The summed E-state index contributed by atoms with van der Waals surface area (Å²) in [5.74, 6) is -0.0758. The average molecular weight is 367 g/mol. The lowest BCUT2D eigenvalue weighted by Gasteiger charge is -2.32. The van der Waals surface area contributed by atoms with E-state index < -0.39 is 0 Å². The maximum atomic E-state index is 12.9. The molecule has 142 valence electrons. The number of benzene rings is 1. The molecule has 2 aliphatic rings. The predicted octanol–water partition coefficient (Wildman–Crippen LogP) is 2.52. The van der Waals surface area contributed by atoms with Crippen molar-refractivity contribution in [2.45, 2.75) is 45.2 Å². The average Bonchev–Trinajstić information content (AvgIpc) is 3.03. The van der Waals surface area contributed by atoms with Crippen LogP contribution in [0.5, 0.6) is 0 Å². The smallest absolute Gasteiger partial charge is 0.318 e. The third-order valence-electron chi connectivity index (χ3n) is 5.54. The minimum Gasteiger partial charge on any atom is -0.331 e. The van der Waals surface area contributed by atoms with Gasteiger partial charge < -0.3 is 15.5 Å². The van der Waals surface area contributed by atoms with Crippen molar-refractivity contribution in [1.82, 2.24) is 20.0 Å². The molecule has 3 amide bonds. The van der Waals surface area contributed by atoms with Crippen molar-refractivity contribution in [3.05, 3.63) is 46.8 Å². The van der Waals surface area contributed by atoms with E-state index in [0.717, 1.165) is 48.1 Å². The maximum Gasteiger partial charge on any atom is 0.318 e. The molecule has 0 saturated carbocycles. The van der Waals surface area contributed by atoms with E-state index in [1.165, 1.54) is 12.6 Å². The van der Waals surface area contributed by atoms with Crippen molar-refractivity contribution in [1.29, 1.82) is 0 Å². The van der Waals surface area contributed by atoms with Crippen LogP contribution in [-0.2, 0) is 31.2 Å². The van der Waals surface area contributed by atoms with Crippen molar-refractivity contribution in [2.24, 2.45) is 7.05 Å². The summed E-state index contributed by atoms with van der Waals surface area (Å²) in [4.78, 5) is 26.1. The van der Waals surface area contributed by atoms with Gasteiger partial charge in [0.2, 0.25) is 5.91 Å². The summed E-state index contributed by atoms with van der Waals surface area (Å²) in [5, 5.41) is 10.4. The van der Waals surface area contributed by atoms with Gasteiger partial charge >= 0.3 is 6.03 Å². The molecule has 1 aliphatic carbocycles. The molecule has 1 atom stereocenters. The van der Waals surface area contributed by atoms with Crippen LogP contribution < -0.4 is 10.6 Å². The Bertz CT molecular complexity index is 888. The maximum absolute atomic E-state index is 12.9. The molecule has 0 spiro atoms. The third kappa shape index (κ3) is 3.41. The normalized spacial score (nSPS) is 18.4. The number of aromatic nitrogens is 2. The second-order valence-electron chi connectivity index (χ2n) is 7.36. The number of fused-ring (bicyclic) bond motifs is 2. The molecule has 7 heteroatoms. The summed E-state index contributed by atoms with van der Waals surface area (Å²) >= 11 is 0. The SMILES string of the molecule is CC(=O)Nc1cccc2c1CCN(C(=O)N[C@H]1CCCc3c1cnn3C)C2. The highest BCUT2D eigenvalue weighted by molar-refractivity contribution is 5.90. The Morgan fingerprint density at radius 1 is 1.26 bits per heavy atom. The third-order valence-corrected chi connectivity index (χ3v) is 5.54. The van der Waals surface area contributed by atoms with Crippen molar-refractivity contribution in [2.75, 3.05) is 11.9 Å². The van der Waals surface area contributed by atoms with E-state index in [1.807, 2.05) is 41.0 Å². The summed E-state index contributed by atoms with van der Waals surface area (Å²) in [6.45, 7) is 2.71. The number of rotatable bonds is 2. The van der Waals surface area contributed by atoms with E-state index in [2.05, 4.69) is 15.7 Å². The first-order valence-corrected chi connectivity index (χ1v) is 9.47. The summed E-state index contributed by atoms with van der Waals surface area (Å²) in [6, 6.07) is 5.87. The molecule has 0 bridgehead atoms. The molecule has 7 nitrogen and oxygen atoms in total. The van der Waals surface area contributed by atoms with E-state index in [0.29, 0.717) is 13.1 Å². The number of aryl methyl sites for hydroxylation is 1. The molecule has 1 aromatic carbocycles. The van der Waals surface area contributed by atoms with Crippen LogP contribution in [0.1, 0.15) is 48.2 Å². The number of hydrogen-bond acceptors (Lipinski definition) is 3. The number of nitrogens with one attached hydrogen (secondary N) is 2. The molecule has 0 fully saturated rings. The van der Waals surface area contributed by atoms with Gasteiger partial charge in [-0.25, -0.2) is 4.79 Å². The second-order valence-corrected chi connectivity index (χ2v) is 7.36. The van der Waals surface area contributed by atoms with Crippen LogP contribution in [0.2, 0.25) is 0 Å². The van der Waals surface area contributed by atoms with Gasteiger partial charge in [-0.1, -0.05) is 12.1 Å². The zero-order valence-electron chi connectivity index (χ0n) is 15.8. The zero-order chi connectivity index (χ0) is 19.0. The van der Waals surface area contributed by atoms with E-state index in [9.17, 15) is 9.59 Å². The van der Waals surface area contributed by atoms with Crippen molar-refractivity contribution in [3.63, 3.8) is 0 Å². The lowest BCUT2D eigenvalue weighted by Crippen LogP contribution is -2.44. The Balaban J connectivity index is 1.47. The molecule has 0 radical (unpaired) electrons. The quantitative estimate of drug-likeness (QED) is 0.856. The molecule has 4 rings (SSSR count). The second kappa shape index (κ2) is 7.06. The van der Waals surface area contributed by atoms with Gasteiger partial charge in [0, 0.05) is 44.0 Å². The number of nitrogens with zero attached hydrogens (tertiary/aromatic N) is 3. The van der Waals surface area contributed by atoms with Crippen LogP contribution >= 0.6 is 0 Å². The number of urea groups is 1. The summed E-state index contributed by atoms with van der Waals surface area (Å²) in [7, 11) is 1.96. The molecule has 1 aliphatic heterocycles. The van der Waals surface area contributed by atoms with Gasteiger partial charge in [-0.2, -0.15) is 5.10 Å². The number of hydrogen-bond donors (Lipinski definition) is 2. The topological polar surface area (TPSA) is 79.3 Å². The molecule has 1 aromatic heterocycles. The highest BCUT2D eigenvalue weighted by atomic mass is 16.2. The molecular weight excluding hydrogens is 342 g/mol. The lowest BCUT2D eigenvalue weighted by molar-refractivity contribution is -0.114. The lowest BCUT2D eigenvalue weighted by atomic mass is 9.93. The molecule has 0 unspecified atom stereocenters. The monoisotopic (exact) mass is 367 g/mol. The van der Waals surface area contributed by atoms with Crippen molar-refractivity contribution >= 4 is 17.6 Å². The van der Waals surface area contributed by atoms with Crippen LogP contribution in [0.15, 0.2) is 24.4 Å². The standard InChI is InChI=1S/C20H25N5O2/c1-13(26)22-17-6-3-5-14-12-25(10-9-15(14)17)20(27)23-18-7-4-8-19-16(18)11-21-24(19)2/h3,5-6,11,18H,4,7-10,12H2,1-2H3,(H,22,26)(H,23,27)/t18-/m0/s1. The van der Waals surface area contributed by atoms with Crippen LogP contribution in [-0.4, -0.2) is 33.2 Å². The largest absolute Gasteiger partial charge is 0.331 e. The Morgan fingerprint density at radius 3 is 2.93 bits per heavy atom. The van der Waals surface area contributed by atoms with E-state index in [-0.39, 0.29) is 18.0 Å². The highest BCUT2D eigenvalue weighted by Crippen LogP contribution is 2.30. The van der Waals surface area contributed by atoms with Crippen LogP contribution in [0, 0.1) is 0 Å². The fourth-order valence-corrected chi connectivity index (χ4v) is 4.19. The number of carbonyl (C=O) groups is 2. The van der Waals surface area contributed by atoms with Crippen LogP contribution in [0.3, 0.4) is 0 Å². The minimum atomic E-state index is -0.0758. The zero-order valence-corrected chi connectivity index (χ0v) is 15.8. The Morgan fingerprint density at radius 2 is 2.11 bits per heavy atom. The summed E-state index contributed by atoms with van der Waals surface area (Å²) < 4.78 is 1.91. The molecule has 2 heterocycles. The van der Waals surface area contributed by atoms with Gasteiger partial charge in [0.05, 0.1) is 12.2 Å². The Kier molecular flexibility index (Phi) is 4.59. The Hall–Kier alpha value is -2.83. The molecule has 2 N–H and O–H groups in total. The fraction of sp³-hybridized carbons (Fsp3) is 0.450.